The number of ether oxygens (including phenoxy) is 2. The van der Waals surface area contributed by atoms with E-state index in [1.165, 1.54) is 6.07 Å². The van der Waals surface area contributed by atoms with Gasteiger partial charge in [0.2, 0.25) is 0 Å². The van der Waals surface area contributed by atoms with Gasteiger partial charge in [-0.1, -0.05) is 35.9 Å². The van der Waals surface area contributed by atoms with E-state index in [9.17, 15) is 4.39 Å². The Morgan fingerprint density at radius 3 is 2.79 bits per heavy atom. The van der Waals surface area contributed by atoms with Crippen molar-refractivity contribution in [3.8, 4) is 5.75 Å². The van der Waals surface area contributed by atoms with Gasteiger partial charge in [0, 0.05) is 30.8 Å². The molecule has 2 saturated heterocycles. The third-order valence-corrected chi connectivity index (χ3v) is 6.00. The van der Waals surface area contributed by atoms with Gasteiger partial charge in [0.15, 0.2) is 0 Å². The molecule has 1 N–H and O–H groups in total. The Hall–Kier alpha value is -1.66. The summed E-state index contributed by atoms with van der Waals surface area (Å²) >= 11 is 6.13. The largest absolute Gasteiger partial charge is 0.488 e. The summed E-state index contributed by atoms with van der Waals surface area (Å²) in [5, 5.41) is 3.80. The van der Waals surface area contributed by atoms with E-state index in [0.29, 0.717) is 10.6 Å². The van der Waals surface area contributed by atoms with Crippen molar-refractivity contribution in [1.82, 2.24) is 10.2 Å². The van der Waals surface area contributed by atoms with E-state index in [4.69, 9.17) is 21.1 Å². The van der Waals surface area contributed by atoms with Crippen LogP contribution in [0.4, 0.5) is 4.39 Å². The molecule has 0 unspecified atom stereocenters. The van der Waals surface area contributed by atoms with E-state index in [1.807, 2.05) is 18.2 Å². The molecule has 2 aliphatic heterocycles. The minimum absolute atomic E-state index is 0.0278. The van der Waals surface area contributed by atoms with Gasteiger partial charge in [-0.05, 0) is 44.1 Å². The van der Waals surface area contributed by atoms with Crippen LogP contribution in [0.15, 0.2) is 42.5 Å². The second-order valence-electron chi connectivity index (χ2n) is 7.59. The Morgan fingerprint density at radius 2 is 1.96 bits per heavy atom. The van der Waals surface area contributed by atoms with Crippen molar-refractivity contribution in [2.45, 2.75) is 31.6 Å². The Bertz CT molecular complexity index is 785. The van der Waals surface area contributed by atoms with Crippen LogP contribution in [0.5, 0.6) is 5.75 Å². The van der Waals surface area contributed by atoms with Crippen molar-refractivity contribution < 1.29 is 13.9 Å². The summed E-state index contributed by atoms with van der Waals surface area (Å²) in [6, 6.07) is 12.6. The second kappa shape index (κ2) is 8.78. The number of halogens is 2. The van der Waals surface area contributed by atoms with Gasteiger partial charge in [-0.25, -0.2) is 4.39 Å². The van der Waals surface area contributed by atoms with Crippen LogP contribution >= 0.6 is 11.6 Å². The molecule has 0 bridgehead atoms. The van der Waals surface area contributed by atoms with E-state index in [-0.39, 0.29) is 18.0 Å². The highest BCUT2D eigenvalue weighted by Gasteiger charge is 2.37. The number of hydrogen-bond acceptors (Lipinski definition) is 4. The molecule has 2 aromatic carbocycles. The average Bonchev–Trinajstić information content (AvgIpc) is 2.69. The summed E-state index contributed by atoms with van der Waals surface area (Å²) in [4.78, 5) is 2.44. The molecule has 0 aliphatic carbocycles. The van der Waals surface area contributed by atoms with Gasteiger partial charge in [-0.15, -0.1) is 0 Å². The molecule has 6 heteroatoms. The van der Waals surface area contributed by atoms with E-state index in [2.05, 4.69) is 16.3 Å². The summed E-state index contributed by atoms with van der Waals surface area (Å²) in [6.07, 6.45) is 2.10. The first kappa shape index (κ1) is 19.6. The van der Waals surface area contributed by atoms with Gasteiger partial charge in [-0.2, -0.15) is 0 Å². The van der Waals surface area contributed by atoms with Gasteiger partial charge >= 0.3 is 0 Å². The Labute approximate surface area is 170 Å². The molecule has 150 valence electrons. The fourth-order valence-electron chi connectivity index (χ4n) is 4.08. The fraction of sp³-hybridized carbons (Fsp3) is 0.455. The lowest BCUT2D eigenvalue weighted by molar-refractivity contribution is -0.125. The monoisotopic (exact) mass is 404 g/mol. The van der Waals surface area contributed by atoms with E-state index in [0.717, 1.165) is 63.5 Å². The number of para-hydroxylation sites is 1. The third-order valence-electron chi connectivity index (χ3n) is 5.64. The van der Waals surface area contributed by atoms with Crippen molar-refractivity contribution in [1.29, 1.82) is 0 Å². The molecule has 28 heavy (non-hydrogen) atoms. The first-order valence-electron chi connectivity index (χ1n) is 9.86. The Kier molecular flexibility index (Phi) is 6.16. The molecule has 0 aromatic heterocycles. The zero-order chi connectivity index (χ0) is 19.4. The molecule has 0 radical (unpaired) electrons. The van der Waals surface area contributed by atoms with E-state index >= 15 is 0 Å². The van der Waals surface area contributed by atoms with Crippen molar-refractivity contribution in [3.63, 3.8) is 0 Å². The highest BCUT2D eigenvalue weighted by atomic mass is 35.5. The number of rotatable bonds is 5. The molecular weight excluding hydrogens is 379 g/mol. The number of benzene rings is 2. The minimum Gasteiger partial charge on any atom is -0.488 e. The average molecular weight is 405 g/mol. The number of hydrogen-bond donors (Lipinski definition) is 1. The van der Waals surface area contributed by atoms with Gasteiger partial charge < -0.3 is 14.8 Å². The van der Waals surface area contributed by atoms with Crippen LogP contribution in [-0.4, -0.2) is 43.3 Å². The molecule has 0 atom stereocenters. The highest BCUT2D eigenvalue weighted by molar-refractivity contribution is 6.31. The normalized spacial score (nSPS) is 19.6. The lowest BCUT2D eigenvalue weighted by atomic mass is 9.90. The Balaban J connectivity index is 1.44. The maximum atomic E-state index is 14.0. The van der Waals surface area contributed by atoms with Crippen LogP contribution in [0, 0.1) is 5.82 Å². The van der Waals surface area contributed by atoms with E-state index in [1.54, 1.807) is 12.1 Å². The summed E-state index contributed by atoms with van der Waals surface area (Å²) in [6.45, 7) is 5.52. The lowest BCUT2D eigenvalue weighted by Crippen LogP contribution is -2.55. The lowest BCUT2D eigenvalue weighted by Gasteiger charge is -2.45. The van der Waals surface area contributed by atoms with Crippen molar-refractivity contribution in [2.24, 2.45) is 0 Å². The van der Waals surface area contributed by atoms with Crippen LogP contribution in [0.3, 0.4) is 0 Å². The van der Waals surface area contributed by atoms with Gasteiger partial charge in [0.25, 0.3) is 0 Å². The molecule has 2 heterocycles. The fourth-order valence-corrected chi connectivity index (χ4v) is 4.30. The molecule has 2 aromatic rings. The van der Waals surface area contributed by atoms with Crippen LogP contribution in [0.1, 0.15) is 24.0 Å². The molecule has 4 nitrogen and oxygen atoms in total. The first-order chi connectivity index (χ1) is 13.7. The second-order valence-corrected chi connectivity index (χ2v) is 8.00. The van der Waals surface area contributed by atoms with Crippen LogP contribution in [-0.2, 0) is 17.9 Å². The van der Waals surface area contributed by atoms with E-state index < -0.39 is 0 Å². The number of nitrogens with one attached hydrogen (secondary N) is 1. The molecular formula is C22H26ClFN2O2. The molecule has 2 aliphatic rings. The topological polar surface area (TPSA) is 33.7 Å². The quantitative estimate of drug-likeness (QED) is 0.816. The number of piperidine rings is 1. The summed E-state index contributed by atoms with van der Waals surface area (Å²) in [5.74, 6) is 0.429. The maximum Gasteiger partial charge on any atom is 0.131 e. The molecule has 2 fully saturated rings. The molecule has 1 spiro atoms. The summed E-state index contributed by atoms with van der Waals surface area (Å²) in [5.41, 5.74) is 1.46. The van der Waals surface area contributed by atoms with Crippen molar-refractivity contribution in [2.75, 3.05) is 32.8 Å². The van der Waals surface area contributed by atoms with Crippen LogP contribution in [0.25, 0.3) is 0 Å². The zero-order valence-electron chi connectivity index (χ0n) is 15.9. The Morgan fingerprint density at radius 1 is 1.14 bits per heavy atom. The number of morpholine rings is 1. The predicted molar refractivity (Wildman–Crippen MR) is 108 cm³/mol. The van der Waals surface area contributed by atoms with Gasteiger partial charge in [0.1, 0.15) is 18.2 Å². The SMILES string of the molecule is Fc1cccc(Cl)c1COc1ccccc1CN1CCOC2(CCNCC2)C1. The first-order valence-corrected chi connectivity index (χ1v) is 10.2. The standard InChI is InChI=1S/C22H26ClFN2O2/c23-19-5-3-6-20(24)18(19)15-27-21-7-2-1-4-17(21)14-26-12-13-28-22(16-26)8-10-25-11-9-22/h1-7,25H,8-16H2. The molecule has 0 saturated carbocycles. The zero-order valence-corrected chi connectivity index (χ0v) is 16.7. The predicted octanol–water partition coefficient (Wildman–Crippen LogP) is 4.01. The van der Waals surface area contributed by atoms with Crippen molar-refractivity contribution >= 4 is 11.6 Å². The number of nitrogens with zero attached hydrogens (tertiary/aromatic N) is 1. The minimum atomic E-state index is -0.342. The van der Waals surface area contributed by atoms with Crippen molar-refractivity contribution in [3.05, 3.63) is 64.4 Å². The highest BCUT2D eigenvalue weighted by Crippen LogP contribution is 2.30. The van der Waals surface area contributed by atoms with Gasteiger partial charge in [-0.3, -0.25) is 4.90 Å². The summed E-state index contributed by atoms with van der Waals surface area (Å²) in [7, 11) is 0. The molecule has 4 rings (SSSR count). The summed E-state index contributed by atoms with van der Waals surface area (Å²) < 4.78 is 26.2. The smallest absolute Gasteiger partial charge is 0.131 e. The third kappa shape index (κ3) is 4.49. The van der Waals surface area contributed by atoms with Gasteiger partial charge in [0.05, 0.1) is 17.2 Å². The molecule has 0 amide bonds. The maximum absolute atomic E-state index is 14.0. The van der Waals surface area contributed by atoms with Crippen LogP contribution in [0.2, 0.25) is 5.02 Å². The van der Waals surface area contributed by atoms with Crippen LogP contribution < -0.4 is 10.1 Å².